The standard InChI is InChI=1S/C5H4ClNO2S/c6-4-1-3(2-10-4)5(8)7-9/h1-2,9H,(H,7,8). The van der Waals surface area contributed by atoms with Crippen molar-refractivity contribution in [3.63, 3.8) is 0 Å². The number of carbonyl (C=O) groups excluding carboxylic acids is 1. The van der Waals surface area contributed by atoms with Gasteiger partial charge in [-0.15, -0.1) is 11.3 Å². The molecule has 2 N–H and O–H groups in total. The van der Waals surface area contributed by atoms with E-state index in [1.165, 1.54) is 22.9 Å². The number of carbonyl (C=O) groups is 1. The molecule has 1 amide bonds. The number of halogens is 1. The van der Waals surface area contributed by atoms with Crippen LogP contribution in [0.3, 0.4) is 0 Å². The summed E-state index contributed by atoms with van der Waals surface area (Å²) in [6, 6.07) is 1.48. The van der Waals surface area contributed by atoms with Crippen LogP contribution in [-0.4, -0.2) is 11.1 Å². The van der Waals surface area contributed by atoms with Gasteiger partial charge in [-0.2, -0.15) is 0 Å². The monoisotopic (exact) mass is 177 g/mol. The second kappa shape index (κ2) is 3.01. The quantitative estimate of drug-likeness (QED) is 0.505. The first-order chi connectivity index (χ1) is 4.74. The third-order valence-electron chi connectivity index (χ3n) is 0.931. The molecule has 0 aliphatic heterocycles. The van der Waals surface area contributed by atoms with Crippen molar-refractivity contribution in [1.29, 1.82) is 0 Å². The molecular weight excluding hydrogens is 174 g/mol. The van der Waals surface area contributed by atoms with Gasteiger partial charge in [0.1, 0.15) is 0 Å². The van der Waals surface area contributed by atoms with E-state index in [0.29, 0.717) is 9.90 Å². The van der Waals surface area contributed by atoms with E-state index < -0.39 is 5.91 Å². The van der Waals surface area contributed by atoms with Crippen molar-refractivity contribution in [3.8, 4) is 0 Å². The minimum atomic E-state index is -0.539. The summed E-state index contributed by atoms with van der Waals surface area (Å²) in [5.41, 5.74) is 1.88. The van der Waals surface area contributed by atoms with Crippen LogP contribution < -0.4 is 5.48 Å². The minimum absolute atomic E-state index is 0.373. The topological polar surface area (TPSA) is 49.3 Å². The summed E-state index contributed by atoms with van der Waals surface area (Å²) in [6.07, 6.45) is 0. The summed E-state index contributed by atoms with van der Waals surface area (Å²) in [7, 11) is 0. The Bertz CT molecular complexity index is 248. The highest BCUT2D eigenvalue weighted by Crippen LogP contribution is 2.19. The van der Waals surface area contributed by atoms with Gasteiger partial charge in [-0.3, -0.25) is 10.0 Å². The summed E-state index contributed by atoms with van der Waals surface area (Å²) in [4.78, 5) is 10.6. The van der Waals surface area contributed by atoms with E-state index in [2.05, 4.69) is 0 Å². The average Bonchev–Trinajstić information content (AvgIpc) is 2.34. The molecule has 0 radical (unpaired) electrons. The summed E-state index contributed by atoms with van der Waals surface area (Å²) in [5, 5.41) is 9.72. The van der Waals surface area contributed by atoms with E-state index in [4.69, 9.17) is 16.8 Å². The molecule has 1 heterocycles. The Morgan fingerprint density at radius 2 is 2.50 bits per heavy atom. The number of hydroxylamine groups is 1. The lowest BCUT2D eigenvalue weighted by molar-refractivity contribution is 0.0707. The smallest absolute Gasteiger partial charge is 0.275 e. The Labute approximate surface area is 66.2 Å². The van der Waals surface area contributed by atoms with Gasteiger partial charge in [0, 0.05) is 5.38 Å². The highest BCUT2D eigenvalue weighted by atomic mass is 35.5. The normalized spacial score (nSPS) is 9.40. The lowest BCUT2D eigenvalue weighted by atomic mass is 10.3. The van der Waals surface area contributed by atoms with Crippen LogP contribution in [-0.2, 0) is 0 Å². The predicted octanol–water partition coefficient (Wildman–Crippen LogP) is 1.52. The molecule has 1 rings (SSSR count). The van der Waals surface area contributed by atoms with Crippen molar-refractivity contribution < 1.29 is 10.0 Å². The van der Waals surface area contributed by atoms with Crippen molar-refractivity contribution in [2.45, 2.75) is 0 Å². The number of hydrogen-bond acceptors (Lipinski definition) is 3. The van der Waals surface area contributed by atoms with Gasteiger partial charge in [-0.25, -0.2) is 5.48 Å². The molecular formula is C5H4ClNO2S. The second-order valence-electron chi connectivity index (χ2n) is 1.58. The van der Waals surface area contributed by atoms with E-state index >= 15 is 0 Å². The molecule has 0 bridgehead atoms. The van der Waals surface area contributed by atoms with E-state index in [-0.39, 0.29) is 0 Å². The van der Waals surface area contributed by atoms with Gasteiger partial charge in [0.25, 0.3) is 5.91 Å². The third kappa shape index (κ3) is 1.47. The number of hydrogen-bond donors (Lipinski definition) is 2. The van der Waals surface area contributed by atoms with Crippen molar-refractivity contribution in [2.24, 2.45) is 0 Å². The molecule has 0 aliphatic carbocycles. The number of amides is 1. The maximum Gasteiger partial charge on any atom is 0.275 e. The van der Waals surface area contributed by atoms with Gasteiger partial charge in [0.15, 0.2) is 0 Å². The Kier molecular flexibility index (Phi) is 2.26. The second-order valence-corrected chi connectivity index (χ2v) is 3.12. The Morgan fingerprint density at radius 3 is 2.90 bits per heavy atom. The van der Waals surface area contributed by atoms with Gasteiger partial charge in [0.2, 0.25) is 0 Å². The van der Waals surface area contributed by atoms with Gasteiger partial charge >= 0.3 is 0 Å². The van der Waals surface area contributed by atoms with Gasteiger partial charge in [-0.1, -0.05) is 11.6 Å². The van der Waals surface area contributed by atoms with Crippen LogP contribution in [0.15, 0.2) is 11.4 Å². The Hall–Kier alpha value is -0.580. The van der Waals surface area contributed by atoms with Crippen molar-refractivity contribution in [3.05, 3.63) is 21.3 Å². The molecule has 10 heavy (non-hydrogen) atoms. The lowest BCUT2D eigenvalue weighted by Crippen LogP contribution is -2.17. The SMILES string of the molecule is O=C(NO)c1csc(Cl)c1. The number of nitrogens with one attached hydrogen (secondary N) is 1. The van der Waals surface area contributed by atoms with E-state index in [1.807, 2.05) is 0 Å². The molecule has 3 nitrogen and oxygen atoms in total. The van der Waals surface area contributed by atoms with Crippen LogP contribution in [0.4, 0.5) is 0 Å². The fraction of sp³-hybridized carbons (Fsp3) is 0. The number of thiophene rings is 1. The molecule has 0 saturated heterocycles. The third-order valence-corrected chi connectivity index (χ3v) is 2.02. The fourth-order valence-corrected chi connectivity index (χ4v) is 1.35. The summed E-state index contributed by atoms with van der Waals surface area (Å²) in [5.74, 6) is -0.539. The van der Waals surface area contributed by atoms with Crippen molar-refractivity contribution in [1.82, 2.24) is 5.48 Å². The highest BCUT2D eigenvalue weighted by Gasteiger charge is 2.04. The molecule has 54 valence electrons. The lowest BCUT2D eigenvalue weighted by Gasteiger charge is -1.89. The van der Waals surface area contributed by atoms with Crippen LogP contribution in [0.2, 0.25) is 4.34 Å². The molecule has 0 aromatic carbocycles. The zero-order valence-corrected chi connectivity index (χ0v) is 6.37. The predicted molar refractivity (Wildman–Crippen MR) is 38.6 cm³/mol. The zero-order chi connectivity index (χ0) is 7.56. The molecule has 5 heteroatoms. The van der Waals surface area contributed by atoms with Gasteiger partial charge in [-0.05, 0) is 6.07 Å². The maximum absolute atomic E-state index is 10.6. The molecule has 1 aromatic heterocycles. The average molecular weight is 178 g/mol. The van der Waals surface area contributed by atoms with Gasteiger partial charge < -0.3 is 0 Å². The summed E-state index contributed by atoms with van der Waals surface area (Å²) >= 11 is 6.76. The van der Waals surface area contributed by atoms with Crippen molar-refractivity contribution >= 4 is 28.8 Å². The van der Waals surface area contributed by atoms with Crippen LogP contribution >= 0.6 is 22.9 Å². The Morgan fingerprint density at radius 1 is 1.80 bits per heavy atom. The first kappa shape index (κ1) is 7.53. The van der Waals surface area contributed by atoms with E-state index in [9.17, 15) is 4.79 Å². The molecule has 0 spiro atoms. The maximum atomic E-state index is 10.6. The minimum Gasteiger partial charge on any atom is -0.288 e. The number of rotatable bonds is 1. The Balaban J connectivity index is 2.85. The largest absolute Gasteiger partial charge is 0.288 e. The zero-order valence-electron chi connectivity index (χ0n) is 4.80. The summed E-state index contributed by atoms with van der Waals surface area (Å²) < 4.78 is 0.526. The van der Waals surface area contributed by atoms with E-state index in [1.54, 1.807) is 5.38 Å². The first-order valence-electron chi connectivity index (χ1n) is 2.42. The fourth-order valence-electron chi connectivity index (χ4n) is 0.494. The first-order valence-corrected chi connectivity index (χ1v) is 3.68. The molecule has 0 unspecified atom stereocenters. The van der Waals surface area contributed by atoms with Crippen molar-refractivity contribution in [2.75, 3.05) is 0 Å². The van der Waals surface area contributed by atoms with Gasteiger partial charge in [0.05, 0.1) is 9.90 Å². The van der Waals surface area contributed by atoms with Crippen LogP contribution in [0.1, 0.15) is 10.4 Å². The van der Waals surface area contributed by atoms with E-state index in [0.717, 1.165) is 0 Å². The molecule has 0 atom stereocenters. The highest BCUT2D eigenvalue weighted by molar-refractivity contribution is 7.14. The molecule has 0 fully saturated rings. The molecule has 0 saturated carbocycles. The van der Waals surface area contributed by atoms with Crippen LogP contribution in [0.5, 0.6) is 0 Å². The molecule has 0 aliphatic rings. The van der Waals surface area contributed by atoms with Crippen LogP contribution in [0.25, 0.3) is 0 Å². The van der Waals surface area contributed by atoms with Crippen LogP contribution in [0, 0.1) is 0 Å². The summed E-state index contributed by atoms with van der Waals surface area (Å²) in [6.45, 7) is 0. The molecule has 1 aromatic rings.